The highest BCUT2D eigenvalue weighted by atomic mass is 16.7. The predicted octanol–water partition coefficient (Wildman–Crippen LogP) is 20.8. The van der Waals surface area contributed by atoms with E-state index in [1.807, 2.05) is 6.08 Å². The first-order chi connectivity index (χ1) is 43.8. The van der Waals surface area contributed by atoms with E-state index in [1.54, 1.807) is 6.08 Å². The molecule has 0 bridgehead atoms. The second kappa shape index (κ2) is 67.2. The van der Waals surface area contributed by atoms with Gasteiger partial charge in [0, 0.05) is 6.42 Å². The largest absolute Gasteiger partial charge is 0.394 e. The van der Waals surface area contributed by atoms with Gasteiger partial charge in [-0.15, -0.1) is 0 Å². The Balaban J connectivity index is 2.15. The van der Waals surface area contributed by atoms with Crippen LogP contribution in [0.15, 0.2) is 134 Å². The van der Waals surface area contributed by atoms with Crippen LogP contribution in [0.5, 0.6) is 0 Å². The molecule has 0 spiro atoms. The van der Waals surface area contributed by atoms with Crippen molar-refractivity contribution in [3.8, 4) is 0 Å². The van der Waals surface area contributed by atoms with Gasteiger partial charge in [-0.2, -0.15) is 0 Å². The fraction of sp³-hybridized carbons (Fsp3) is 0.713. The Hall–Kier alpha value is -3.67. The summed E-state index contributed by atoms with van der Waals surface area (Å²) in [6, 6.07) is -0.838. The molecule has 1 fully saturated rings. The Morgan fingerprint density at radius 2 is 0.708 bits per heavy atom. The standard InChI is InChI=1S/C80H137NO8/c1-3-5-7-9-11-13-15-17-19-21-23-25-27-29-31-32-33-34-35-36-37-38-39-40-41-42-44-46-48-50-52-54-56-58-60-62-64-66-68-70-76(84)81-73(72-88-80-79(87)78(86)77(85)75(71-82)89-80)74(83)69-67-65-63-61-59-57-55-53-51-49-47-45-43-30-28-26-24-22-20-18-16-14-12-10-8-6-4-2/h5,7,11,13,17,19,23,25,29,31,33-34,36-37,39-40,51,53,59,61,67,69,73-75,77-80,82-83,85-87H,3-4,6,8-10,12,14-16,18,20-22,24,26-28,30,32,35,38,41-50,52,54-58,60,62-66,68,70-72H2,1-2H3,(H,81,84)/b7-5-,13-11-,19-17-,25-23-,31-29-,34-33-,37-36-,40-39-,53-51+,61-59+,69-67+. The Kier molecular flexibility index (Phi) is 63.0. The number of aliphatic hydroxyl groups excluding tert-OH is 5. The van der Waals surface area contributed by atoms with Crippen molar-refractivity contribution >= 4 is 5.91 Å². The maximum atomic E-state index is 13.1. The zero-order valence-corrected chi connectivity index (χ0v) is 57.1. The monoisotopic (exact) mass is 1240 g/mol. The lowest BCUT2D eigenvalue weighted by Gasteiger charge is -2.40. The van der Waals surface area contributed by atoms with Crippen molar-refractivity contribution in [2.45, 2.75) is 352 Å². The fourth-order valence-electron chi connectivity index (χ4n) is 11.0. The minimum Gasteiger partial charge on any atom is -0.394 e. The van der Waals surface area contributed by atoms with E-state index in [2.05, 4.69) is 141 Å². The maximum Gasteiger partial charge on any atom is 0.220 e. The van der Waals surface area contributed by atoms with Crippen molar-refractivity contribution in [2.75, 3.05) is 13.2 Å². The summed E-state index contributed by atoms with van der Waals surface area (Å²) >= 11 is 0. The van der Waals surface area contributed by atoms with Crippen molar-refractivity contribution in [2.24, 2.45) is 0 Å². The molecule has 1 heterocycles. The smallest absolute Gasteiger partial charge is 0.220 e. The van der Waals surface area contributed by atoms with Crippen molar-refractivity contribution in [3.05, 3.63) is 134 Å². The first-order valence-corrected chi connectivity index (χ1v) is 36.9. The molecular weight excluding hydrogens is 1100 g/mol. The van der Waals surface area contributed by atoms with Gasteiger partial charge in [0.25, 0.3) is 0 Å². The molecule has 0 aromatic heterocycles. The molecule has 0 aliphatic carbocycles. The van der Waals surface area contributed by atoms with E-state index < -0.39 is 49.5 Å². The molecule has 1 aliphatic rings. The lowest BCUT2D eigenvalue weighted by Crippen LogP contribution is -2.60. The van der Waals surface area contributed by atoms with Crippen molar-refractivity contribution in [1.29, 1.82) is 0 Å². The quantitative estimate of drug-likeness (QED) is 0.0261. The van der Waals surface area contributed by atoms with E-state index in [1.165, 1.54) is 193 Å². The number of carbonyl (C=O) groups excluding carboxylic acids is 1. The van der Waals surface area contributed by atoms with Crippen LogP contribution in [0, 0.1) is 0 Å². The normalized spacial score (nSPS) is 18.7. The average Bonchev–Trinajstić information content (AvgIpc) is 2.42. The number of allylic oxidation sites excluding steroid dienone is 21. The predicted molar refractivity (Wildman–Crippen MR) is 382 cm³/mol. The van der Waals surface area contributed by atoms with E-state index in [9.17, 15) is 30.3 Å². The van der Waals surface area contributed by atoms with Crippen LogP contribution in [-0.2, 0) is 14.3 Å². The topological polar surface area (TPSA) is 149 Å². The molecule has 7 unspecified atom stereocenters. The number of nitrogens with one attached hydrogen (secondary N) is 1. The Bertz CT molecular complexity index is 1870. The summed E-state index contributed by atoms with van der Waals surface area (Å²) in [5.41, 5.74) is 0. The molecule has 1 amide bonds. The van der Waals surface area contributed by atoms with Gasteiger partial charge in [0.2, 0.25) is 5.91 Å². The summed E-state index contributed by atoms with van der Waals surface area (Å²) in [5.74, 6) is -0.193. The first-order valence-electron chi connectivity index (χ1n) is 36.9. The second-order valence-electron chi connectivity index (χ2n) is 25.0. The lowest BCUT2D eigenvalue weighted by molar-refractivity contribution is -0.302. The molecule has 1 aliphatic heterocycles. The zero-order chi connectivity index (χ0) is 64.2. The Morgan fingerprint density at radius 1 is 0.393 bits per heavy atom. The summed E-state index contributed by atoms with van der Waals surface area (Å²) in [7, 11) is 0. The number of amides is 1. The molecule has 1 saturated heterocycles. The molecule has 0 saturated carbocycles. The van der Waals surface area contributed by atoms with Gasteiger partial charge in [0.05, 0.1) is 25.4 Å². The van der Waals surface area contributed by atoms with Crippen LogP contribution in [-0.4, -0.2) is 87.5 Å². The van der Waals surface area contributed by atoms with Crippen LogP contribution >= 0.6 is 0 Å². The SMILES string of the molecule is CC/C=C\C/C=C\C/C=C\C/C=C\C/C=C\C/C=C\C/C=C\C/C=C\CCCCCCCCCCCCCCCCC(=O)NC(COC1OC(CO)C(O)C(O)C1O)C(O)/C=C/CC/C=C/CC/C=C/CCCCCCCCCCCCCCCCCCC. The van der Waals surface area contributed by atoms with Crippen LogP contribution in [0.1, 0.15) is 309 Å². The molecule has 9 heteroatoms. The van der Waals surface area contributed by atoms with Crippen LogP contribution in [0.3, 0.4) is 0 Å². The van der Waals surface area contributed by atoms with Crippen molar-refractivity contribution < 1.29 is 39.8 Å². The number of ether oxygens (including phenoxy) is 2. The van der Waals surface area contributed by atoms with E-state index in [4.69, 9.17) is 9.47 Å². The highest BCUT2D eigenvalue weighted by Crippen LogP contribution is 2.23. The van der Waals surface area contributed by atoms with Gasteiger partial charge in [-0.05, 0) is 109 Å². The van der Waals surface area contributed by atoms with Gasteiger partial charge < -0.3 is 40.3 Å². The molecule has 0 radical (unpaired) electrons. The molecule has 6 N–H and O–H groups in total. The summed E-state index contributed by atoms with van der Waals surface area (Å²) in [6.07, 6.45) is 95.6. The molecule has 9 nitrogen and oxygen atoms in total. The number of hydrogen-bond donors (Lipinski definition) is 6. The minimum absolute atomic E-state index is 0.193. The number of unbranched alkanes of at least 4 members (excludes halogenated alkanes) is 33. The van der Waals surface area contributed by atoms with Gasteiger partial charge in [-0.3, -0.25) is 4.79 Å². The number of carbonyl (C=O) groups is 1. The highest BCUT2D eigenvalue weighted by Gasteiger charge is 2.44. The van der Waals surface area contributed by atoms with E-state index in [0.717, 1.165) is 96.3 Å². The summed E-state index contributed by atoms with van der Waals surface area (Å²) in [5, 5.41) is 54.8. The molecule has 1 rings (SSSR count). The summed E-state index contributed by atoms with van der Waals surface area (Å²) < 4.78 is 11.3. The van der Waals surface area contributed by atoms with E-state index in [-0.39, 0.29) is 12.5 Å². The Labute approximate surface area is 547 Å². The summed E-state index contributed by atoms with van der Waals surface area (Å²) in [6.45, 7) is 3.67. The van der Waals surface area contributed by atoms with Gasteiger partial charge >= 0.3 is 0 Å². The van der Waals surface area contributed by atoms with E-state index >= 15 is 0 Å². The highest BCUT2D eigenvalue weighted by molar-refractivity contribution is 5.76. The van der Waals surface area contributed by atoms with Crippen LogP contribution in [0.4, 0.5) is 0 Å². The van der Waals surface area contributed by atoms with Gasteiger partial charge in [-0.1, -0.05) is 327 Å². The average molecular weight is 1240 g/mol. The lowest BCUT2D eigenvalue weighted by atomic mass is 9.99. The zero-order valence-electron chi connectivity index (χ0n) is 57.1. The molecule has 7 atom stereocenters. The third kappa shape index (κ3) is 55.7. The van der Waals surface area contributed by atoms with Crippen LogP contribution in [0.2, 0.25) is 0 Å². The number of hydrogen-bond acceptors (Lipinski definition) is 8. The van der Waals surface area contributed by atoms with Gasteiger partial charge in [0.1, 0.15) is 24.4 Å². The van der Waals surface area contributed by atoms with Crippen LogP contribution in [0.25, 0.3) is 0 Å². The number of rotatable bonds is 63. The van der Waals surface area contributed by atoms with E-state index in [0.29, 0.717) is 6.42 Å². The Morgan fingerprint density at radius 3 is 1.08 bits per heavy atom. The van der Waals surface area contributed by atoms with Crippen molar-refractivity contribution in [1.82, 2.24) is 5.32 Å². The van der Waals surface area contributed by atoms with Crippen molar-refractivity contribution in [3.63, 3.8) is 0 Å². The first kappa shape index (κ1) is 83.3. The van der Waals surface area contributed by atoms with Gasteiger partial charge in [-0.25, -0.2) is 0 Å². The second-order valence-corrected chi connectivity index (χ2v) is 25.0. The molecule has 510 valence electrons. The molecule has 0 aromatic rings. The molecule has 89 heavy (non-hydrogen) atoms. The summed E-state index contributed by atoms with van der Waals surface area (Å²) in [4.78, 5) is 13.1. The van der Waals surface area contributed by atoms with Gasteiger partial charge in [0.15, 0.2) is 6.29 Å². The minimum atomic E-state index is -1.58. The number of aliphatic hydroxyl groups is 5. The fourth-order valence-corrected chi connectivity index (χ4v) is 11.0. The maximum absolute atomic E-state index is 13.1. The molecular formula is C80H137NO8. The van der Waals surface area contributed by atoms with Crippen LogP contribution < -0.4 is 5.32 Å². The third-order valence-corrected chi connectivity index (χ3v) is 16.7. The third-order valence-electron chi connectivity index (χ3n) is 16.7. The molecule has 0 aromatic carbocycles.